The first-order valence-electron chi connectivity index (χ1n) is 13.6. The molecule has 3 aliphatic carbocycles. The van der Waals surface area contributed by atoms with E-state index < -0.39 is 0 Å². The van der Waals surface area contributed by atoms with Crippen LogP contribution in [0, 0.1) is 41.3 Å². The van der Waals surface area contributed by atoms with Gasteiger partial charge in [0.15, 0.2) is 0 Å². The highest BCUT2D eigenvalue weighted by Crippen LogP contribution is 2.56. The number of pyridine rings is 1. The van der Waals surface area contributed by atoms with E-state index in [1.807, 2.05) is 25.3 Å². The molecule has 0 saturated heterocycles. The number of hydrogen-bond donors (Lipinski definition) is 1. The molecule has 3 fully saturated rings. The number of hydrogen-bond acceptors (Lipinski definition) is 4. The quantitative estimate of drug-likeness (QED) is 0.520. The van der Waals surface area contributed by atoms with E-state index >= 15 is 0 Å². The maximum Gasteiger partial charge on any atom is 0.407 e. The Hall–Kier alpha value is -2.76. The van der Waals surface area contributed by atoms with Crippen LogP contribution in [0.1, 0.15) is 58.1 Å². The lowest BCUT2D eigenvalue weighted by atomic mass is 9.56. The minimum atomic E-state index is -0.329. The molecule has 1 aromatic heterocycles. The molecule has 192 valence electrons. The van der Waals surface area contributed by atoms with Crippen molar-refractivity contribution in [2.24, 2.45) is 35.5 Å². The van der Waals surface area contributed by atoms with E-state index in [2.05, 4.69) is 18.3 Å². The summed E-state index contributed by atoms with van der Waals surface area (Å²) in [5, 5.41) is 3.05. The number of rotatable bonds is 6. The molecule has 5 rings (SSSR count). The smallest absolute Gasteiger partial charge is 0.407 e. The molecule has 3 aliphatic rings. The molecule has 1 aromatic carbocycles. The van der Waals surface area contributed by atoms with Gasteiger partial charge in [0.2, 0.25) is 0 Å². The van der Waals surface area contributed by atoms with Crippen LogP contribution in [0.3, 0.4) is 0 Å². The van der Waals surface area contributed by atoms with Gasteiger partial charge < -0.3 is 10.1 Å². The third-order valence-electron chi connectivity index (χ3n) is 9.01. The van der Waals surface area contributed by atoms with Crippen molar-refractivity contribution >= 4 is 11.9 Å². The van der Waals surface area contributed by atoms with Crippen molar-refractivity contribution in [3.63, 3.8) is 0 Å². The van der Waals surface area contributed by atoms with E-state index in [1.165, 1.54) is 12.1 Å². The van der Waals surface area contributed by atoms with E-state index in [0.717, 1.165) is 55.3 Å². The number of aromatic nitrogens is 1. The Kier molecular flexibility index (Phi) is 7.40. The highest BCUT2D eigenvalue weighted by molar-refractivity contribution is 5.84. The lowest BCUT2D eigenvalue weighted by Crippen LogP contribution is -2.48. The van der Waals surface area contributed by atoms with Gasteiger partial charge in [-0.1, -0.05) is 25.1 Å². The monoisotopic (exact) mass is 492 g/mol. The zero-order valence-electron chi connectivity index (χ0n) is 21.3. The zero-order valence-corrected chi connectivity index (χ0v) is 21.3. The summed E-state index contributed by atoms with van der Waals surface area (Å²) >= 11 is 0. The first-order valence-corrected chi connectivity index (χ1v) is 13.6. The average molecular weight is 493 g/mol. The van der Waals surface area contributed by atoms with Crippen molar-refractivity contribution in [1.82, 2.24) is 10.3 Å². The van der Waals surface area contributed by atoms with Crippen LogP contribution in [0.2, 0.25) is 0 Å². The number of alkyl carbamates (subject to hydrolysis) is 1. The fraction of sp³-hybridized carbons (Fsp3) is 0.567. The van der Waals surface area contributed by atoms with Crippen LogP contribution in [0.15, 0.2) is 42.6 Å². The maximum atomic E-state index is 13.6. The lowest BCUT2D eigenvalue weighted by molar-refractivity contribution is -0.124. The largest absolute Gasteiger partial charge is 0.450 e. The molecule has 3 saturated carbocycles. The van der Waals surface area contributed by atoms with Crippen LogP contribution < -0.4 is 5.32 Å². The summed E-state index contributed by atoms with van der Waals surface area (Å²) in [7, 11) is 0. The first kappa shape index (κ1) is 24.9. The molecule has 7 atom stereocenters. The second kappa shape index (κ2) is 10.7. The fourth-order valence-corrected chi connectivity index (χ4v) is 7.56. The van der Waals surface area contributed by atoms with Gasteiger partial charge in [-0.05, 0) is 98.8 Å². The molecule has 0 spiro atoms. The van der Waals surface area contributed by atoms with Gasteiger partial charge in [0, 0.05) is 35.8 Å². The summed E-state index contributed by atoms with van der Waals surface area (Å²) in [6.07, 6.45) is 8.08. The number of amides is 1. The van der Waals surface area contributed by atoms with E-state index in [1.54, 1.807) is 6.07 Å². The van der Waals surface area contributed by atoms with Gasteiger partial charge in [-0.2, -0.15) is 0 Å². The number of carbonyl (C=O) groups is 2. The maximum absolute atomic E-state index is 13.6. The van der Waals surface area contributed by atoms with Crippen molar-refractivity contribution < 1.29 is 18.7 Å². The van der Waals surface area contributed by atoms with Crippen LogP contribution in [0.5, 0.6) is 0 Å². The van der Waals surface area contributed by atoms with E-state index in [4.69, 9.17) is 9.72 Å². The van der Waals surface area contributed by atoms with Gasteiger partial charge in [0.05, 0.1) is 6.61 Å². The summed E-state index contributed by atoms with van der Waals surface area (Å²) in [5.74, 6) is 2.81. The average Bonchev–Trinajstić information content (AvgIpc) is 3.15. The normalized spacial score (nSPS) is 31.4. The minimum Gasteiger partial charge on any atom is -0.450 e. The molecule has 1 N–H and O–H groups in total. The molecule has 0 radical (unpaired) electrons. The van der Waals surface area contributed by atoms with Crippen molar-refractivity contribution in [2.45, 2.75) is 64.8 Å². The predicted octanol–water partition coefficient (Wildman–Crippen LogP) is 6.21. The number of nitrogens with one attached hydrogen (secondary N) is 1. The molecule has 0 aliphatic heterocycles. The first-order chi connectivity index (χ1) is 17.4. The topological polar surface area (TPSA) is 68.3 Å². The zero-order chi connectivity index (χ0) is 25.2. The van der Waals surface area contributed by atoms with Crippen LogP contribution in [-0.4, -0.2) is 29.5 Å². The van der Waals surface area contributed by atoms with E-state index in [9.17, 15) is 14.0 Å². The highest BCUT2D eigenvalue weighted by atomic mass is 19.1. The van der Waals surface area contributed by atoms with E-state index in [0.29, 0.717) is 48.4 Å². The Morgan fingerprint density at radius 1 is 1.17 bits per heavy atom. The minimum absolute atomic E-state index is 0.133. The summed E-state index contributed by atoms with van der Waals surface area (Å²) in [4.78, 5) is 29.6. The standard InChI is InChI=1S/C30H37FN2O3/c1-3-36-30(35)33-24-10-11-25-21(15-24)16-27-28(34)13-18(2)29(27)26(25)12-9-23-8-7-20(17-32-23)19-5-4-6-22(31)14-19/h4-8,14,17-18,21,24-27,29H,3,9-13,15-16H2,1-2H3,(H,33,35)/t18-,21?,24?,25?,26+,27?,29?/m1/s1. The summed E-state index contributed by atoms with van der Waals surface area (Å²) in [6.45, 7) is 4.45. The second-order valence-corrected chi connectivity index (χ2v) is 11.1. The van der Waals surface area contributed by atoms with Crippen LogP contribution >= 0.6 is 0 Å². The molecule has 1 amide bonds. The Bertz CT molecular complexity index is 1090. The van der Waals surface area contributed by atoms with Crippen LogP contribution in [-0.2, 0) is 16.0 Å². The Labute approximate surface area is 213 Å². The number of carbonyl (C=O) groups excluding carboxylic acids is 2. The molecule has 36 heavy (non-hydrogen) atoms. The Balaban J connectivity index is 1.28. The molecular weight excluding hydrogens is 455 g/mol. The number of ketones is 1. The third-order valence-corrected chi connectivity index (χ3v) is 9.01. The number of nitrogens with zero attached hydrogens (tertiary/aromatic N) is 1. The molecule has 5 unspecified atom stereocenters. The number of ether oxygens (including phenoxy) is 1. The molecular formula is C30H37FN2O3. The van der Waals surface area contributed by atoms with Gasteiger partial charge in [-0.25, -0.2) is 9.18 Å². The molecule has 0 bridgehead atoms. The predicted molar refractivity (Wildman–Crippen MR) is 137 cm³/mol. The van der Waals surface area contributed by atoms with Crippen molar-refractivity contribution in [3.05, 3.63) is 54.1 Å². The molecule has 5 nitrogen and oxygen atoms in total. The number of halogens is 1. The summed E-state index contributed by atoms with van der Waals surface area (Å²) in [6, 6.07) is 10.8. The van der Waals surface area contributed by atoms with Gasteiger partial charge in [0.25, 0.3) is 0 Å². The Morgan fingerprint density at radius 3 is 2.78 bits per heavy atom. The fourth-order valence-electron chi connectivity index (χ4n) is 7.56. The molecule has 1 heterocycles. The SMILES string of the molecule is CCOC(=O)NC1CCC2C(C1)CC1C(=O)C[C@@H](C)C1[C@H]2CCc1ccc(-c2cccc(F)c2)cn1. The Morgan fingerprint density at radius 2 is 2.03 bits per heavy atom. The summed E-state index contributed by atoms with van der Waals surface area (Å²) in [5.41, 5.74) is 2.79. The number of aryl methyl sites for hydroxylation is 1. The second-order valence-electron chi connectivity index (χ2n) is 11.1. The van der Waals surface area contributed by atoms with E-state index in [-0.39, 0.29) is 23.9 Å². The van der Waals surface area contributed by atoms with Crippen molar-refractivity contribution in [1.29, 1.82) is 0 Å². The van der Waals surface area contributed by atoms with Crippen LogP contribution in [0.4, 0.5) is 9.18 Å². The third kappa shape index (κ3) is 5.18. The van der Waals surface area contributed by atoms with Gasteiger partial charge in [-0.15, -0.1) is 0 Å². The van der Waals surface area contributed by atoms with Gasteiger partial charge in [-0.3, -0.25) is 9.78 Å². The number of benzene rings is 1. The summed E-state index contributed by atoms with van der Waals surface area (Å²) < 4.78 is 18.7. The van der Waals surface area contributed by atoms with Crippen LogP contribution in [0.25, 0.3) is 11.1 Å². The van der Waals surface area contributed by atoms with Gasteiger partial charge in [0.1, 0.15) is 11.6 Å². The molecule has 2 aromatic rings. The lowest BCUT2D eigenvalue weighted by Gasteiger charge is -2.50. The van der Waals surface area contributed by atoms with Gasteiger partial charge >= 0.3 is 6.09 Å². The number of fused-ring (bicyclic) bond motifs is 2. The van der Waals surface area contributed by atoms with Crippen molar-refractivity contribution in [2.75, 3.05) is 6.61 Å². The highest BCUT2D eigenvalue weighted by Gasteiger charge is 2.53. The number of Topliss-reactive ketones (excluding diaryl/α,β-unsaturated/α-hetero) is 1. The molecule has 6 heteroatoms. The van der Waals surface area contributed by atoms with Crippen molar-refractivity contribution in [3.8, 4) is 11.1 Å².